The summed E-state index contributed by atoms with van der Waals surface area (Å²) >= 11 is 0. The number of aryl methyl sites for hydroxylation is 1. The van der Waals surface area contributed by atoms with E-state index in [9.17, 15) is 5.11 Å². The molecule has 1 aromatic heterocycles. The number of nitrogens with one attached hydrogen (secondary N) is 2. The normalized spacial score (nSPS) is 16.7. The molecule has 17 heavy (non-hydrogen) atoms. The molecule has 0 radical (unpaired) electrons. The van der Waals surface area contributed by atoms with Crippen molar-refractivity contribution in [3.63, 3.8) is 0 Å². The first-order valence-corrected chi connectivity index (χ1v) is 5.98. The summed E-state index contributed by atoms with van der Waals surface area (Å²) in [6.07, 6.45) is 2.19. The molecule has 1 heterocycles. The van der Waals surface area contributed by atoms with Gasteiger partial charge in [0.05, 0.1) is 6.61 Å². The fourth-order valence-electron chi connectivity index (χ4n) is 1.88. The maximum atomic E-state index is 9.27. The van der Waals surface area contributed by atoms with Gasteiger partial charge in [0.15, 0.2) is 0 Å². The van der Waals surface area contributed by atoms with Crippen LogP contribution in [0.15, 0.2) is 0 Å². The summed E-state index contributed by atoms with van der Waals surface area (Å²) < 4.78 is 0. The van der Waals surface area contributed by atoms with E-state index in [1.165, 1.54) is 0 Å². The van der Waals surface area contributed by atoms with Crippen LogP contribution in [0.3, 0.4) is 0 Å². The van der Waals surface area contributed by atoms with E-state index >= 15 is 0 Å². The highest BCUT2D eigenvalue weighted by Crippen LogP contribution is 2.45. The van der Waals surface area contributed by atoms with Crippen LogP contribution in [-0.4, -0.2) is 35.3 Å². The Bertz CT molecular complexity index is 415. The van der Waals surface area contributed by atoms with Crippen LogP contribution in [0.2, 0.25) is 0 Å². The zero-order valence-electron chi connectivity index (χ0n) is 10.7. The quantitative estimate of drug-likeness (QED) is 0.719. The summed E-state index contributed by atoms with van der Waals surface area (Å²) in [6, 6.07) is 0. The molecule has 0 saturated heterocycles. The minimum absolute atomic E-state index is 0.0884. The molecule has 0 amide bonds. The fraction of sp³-hybridized carbons (Fsp3) is 0.667. The van der Waals surface area contributed by atoms with Gasteiger partial charge in [-0.1, -0.05) is 0 Å². The van der Waals surface area contributed by atoms with Crippen molar-refractivity contribution < 1.29 is 5.11 Å². The van der Waals surface area contributed by atoms with E-state index < -0.39 is 0 Å². The molecule has 5 nitrogen and oxygen atoms in total. The van der Waals surface area contributed by atoms with Crippen LogP contribution >= 0.6 is 0 Å². The number of hydrogen-bond donors (Lipinski definition) is 3. The van der Waals surface area contributed by atoms with E-state index in [1.807, 2.05) is 20.9 Å². The van der Waals surface area contributed by atoms with Gasteiger partial charge in [-0.15, -0.1) is 0 Å². The van der Waals surface area contributed by atoms with Gasteiger partial charge in [0.1, 0.15) is 17.5 Å². The predicted molar refractivity (Wildman–Crippen MR) is 68.3 cm³/mol. The Hall–Kier alpha value is -1.36. The largest absolute Gasteiger partial charge is 0.396 e. The highest BCUT2D eigenvalue weighted by Gasteiger charge is 2.41. The van der Waals surface area contributed by atoms with Gasteiger partial charge in [0, 0.05) is 24.6 Å². The second-order valence-corrected chi connectivity index (χ2v) is 4.85. The minimum Gasteiger partial charge on any atom is -0.396 e. The number of anilines is 2. The van der Waals surface area contributed by atoms with Crippen LogP contribution in [0.25, 0.3) is 0 Å². The van der Waals surface area contributed by atoms with Crippen molar-refractivity contribution in [2.24, 2.45) is 5.41 Å². The average Bonchev–Trinajstić information content (AvgIpc) is 3.10. The Balaban J connectivity index is 2.12. The van der Waals surface area contributed by atoms with Gasteiger partial charge < -0.3 is 15.7 Å². The van der Waals surface area contributed by atoms with Crippen LogP contribution < -0.4 is 10.6 Å². The molecule has 1 aromatic rings. The van der Waals surface area contributed by atoms with E-state index in [2.05, 4.69) is 20.6 Å². The van der Waals surface area contributed by atoms with Gasteiger partial charge in [0.25, 0.3) is 0 Å². The first-order chi connectivity index (χ1) is 8.10. The van der Waals surface area contributed by atoms with Gasteiger partial charge in [-0.3, -0.25) is 0 Å². The summed E-state index contributed by atoms with van der Waals surface area (Å²) in [5.74, 6) is 2.46. The monoisotopic (exact) mass is 236 g/mol. The van der Waals surface area contributed by atoms with Gasteiger partial charge in [-0.2, -0.15) is 0 Å². The highest BCUT2D eigenvalue weighted by molar-refractivity contribution is 5.57. The molecule has 0 unspecified atom stereocenters. The Morgan fingerprint density at radius 1 is 1.24 bits per heavy atom. The fourth-order valence-corrected chi connectivity index (χ4v) is 1.88. The smallest absolute Gasteiger partial charge is 0.134 e. The van der Waals surface area contributed by atoms with Crippen LogP contribution in [0.4, 0.5) is 11.6 Å². The zero-order valence-corrected chi connectivity index (χ0v) is 10.7. The number of aliphatic hydroxyl groups is 1. The second-order valence-electron chi connectivity index (χ2n) is 4.85. The summed E-state index contributed by atoms with van der Waals surface area (Å²) in [6.45, 7) is 4.91. The number of nitrogens with zero attached hydrogens (tertiary/aromatic N) is 2. The molecule has 0 aromatic carbocycles. The van der Waals surface area contributed by atoms with Crippen LogP contribution in [0.5, 0.6) is 0 Å². The van der Waals surface area contributed by atoms with Crippen LogP contribution in [0.1, 0.15) is 24.2 Å². The van der Waals surface area contributed by atoms with Gasteiger partial charge in [0.2, 0.25) is 0 Å². The van der Waals surface area contributed by atoms with Gasteiger partial charge >= 0.3 is 0 Å². The van der Waals surface area contributed by atoms with Crippen molar-refractivity contribution in [1.82, 2.24) is 9.97 Å². The number of hydrogen-bond acceptors (Lipinski definition) is 5. The highest BCUT2D eigenvalue weighted by atomic mass is 16.3. The summed E-state index contributed by atoms with van der Waals surface area (Å²) in [5, 5.41) is 15.7. The molecular formula is C12H20N4O. The van der Waals surface area contributed by atoms with E-state index in [0.717, 1.165) is 42.4 Å². The zero-order chi connectivity index (χ0) is 12.5. The van der Waals surface area contributed by atoms with Crippen molar-refractivity contribution >= 4 is 11.6 Å². The standard InChI is InChI=1S/C12H20N4O/c1-8-10(13-3)15-9(2)16-11(8)14-6-12(7-17)4-5-12/h17H,4-7H2,1-3H3,(H2,13,14,15,16). The molecule has 0 aliphatic heterocycles. The first-order valence-electron chi connectivity index (χ1n) is 5.98. The molecule has 94 valence electrons. The van der Waals surface area contributed by atoms with Gasteiger partial charge in [-0.25, -0.2) is 9.97 Å². The summed E-state index contributed by atoms with van der Waals surface area (Å²) in [5.41, 5.74) is 1.11. The average molecular weight is 236 g/mol. The molecule has 1 aliphatic rings. The van der Waals surface area contributed by atoms with Crippen LogP contribution in [-0.2, 0) is 0 Å². The molecule has 5 heteroatoms. The molecule has 1 fully saturated rings. The summed E-state index contributed by atoms with van der Waals surface area (Å²) in [7, 11) is 1.86. The van der Waals surface area contributed by atoms with E-state index in [4.69, 9.17) is 0 Å². The molecule has 2 rings (SSSR count). The topological polar surface area (TPSA) is 70.1 Å². The minimum atomic E-state index is 0.0884. The number of aliphatic hydroxyl groups excluding tert-OH is 1. The molecule has 1 aliphatic carbocycles. The lowest BCUT2D eigenvalue weighted by Gasteiger charge is -2.16. The SMILES string of the molecule is CNc1nc(C)nc(NCC2(CO)CC2)c1C. The van der Waals surface area contributed by atoms with Crippen molar-refractivity contribution in [1.29, 1.82) is 0 Å². The van der Waals surface area contributed by atoms with Crippen LogP contribution in [0, 0.1) is 19.3 Å². The Morgan fingerprint density at radius 2 is 1.88 bits per heavy atom. The number of rotatable bonds is 5. The van der Waals surface area contributed by atoms with E-state index in [0.29, 0.717) is 0 Å². The Kier molecular flexibility index (Phi) is 3.19. The van der Waals surface area contributed by atoms with E-state index in [1.54, 1.807) is 0 Å². The molecule has 0 atom stereocenters. The van der Waals surface area contributed by atoms with Crippen molar-refractivity contribution in [2.45, 2.75) is 26.7 Å². The van der Waals surface area contributed by atoms with Crippen molar-refractivity contribution in [2.75, 3.05) is 30.8 Å². The third-order valence-corrected chi connectivity index (χ3v) is 3.42. The molecule has 3 N–H and O–H groups in total. The molecule has 1 saturated carbocycles. The van der Waals surface area contributed by atoms with Crippen molar-refractivity contribution in [3.05, 3.63) is 11.4 Å². The predicted octanol–water partition coefficient (Wildman–Crippen LogP) is 1.32. The lowest BCUT2D eigenvalue weighted by molar-refractivity contribution is 0.219. The Morgan fingerprint density at radius 3 is 2.41 bits per heavy atom. The molecular weight excluding hydrogens is 216 g/mol. The second kappa shape index (κ2) is 4.49. The number of aromatic nitrogens is 2. The molecule has 0 spiro atoms. The first kappa shape index (κ1) is 12.1. The maximum absolute atomic E-state index is 9.27. The summed E-state index contributed by atoms with van der Waals surface area (Å²) in [4.78, 5) is 8.72. The maximum Gasteiger partial charge on any atom is 0.134 e. The lowest BCUT2D eigenvalue weighted by atomic mass is 10.1. The Labute approximate surface area is 102 Å². The third-order valence-electron chi connectivity index (χ3n) is 3.42. The van der Waals surface area contributed by atoms with Crippen molar-refractivity contribution in [3.8, 4) is 0 Å². The third kappa shape index (κ3) is 2.49. The van der Waals surface area contributed by atoms with E-state index in [-0.39, 0.29) is 12.0 Å². The molecule has 0 bridgehead atoms. The van der Waals surface area contributed by atoms with Gasteiger partial charge in [-0.05, 0) is 26.7 Å². The lowest BCUT2D eigenvalue weighted by Crippen LogP contribution is -2.20.